The van der Waals surface area contributed by atoms with E-state index in [1.807, 2.05) is 0 Å². The number of hydrogen-bond acceptors (Lipinski definition) is 3. The molecule has 0 spiro atoms. The van der Waals surface area contributed by atoms with Gasteiger partial charge in [0.2, 0.25) is 0 Å². The largest absolute Gasteiger partial charge is 0.444 e. The summed E-state index contributed by atoms with van der Waals surface area (Å²) in [6.07, 6.45) is -5.29. The Kier molecular flexibility index (Phi) is 7.26. The predicted octanol–water partition coefficient (Wildman–Crippen LogP) is 7.38. The highest BCUT2D eigenvalue weighted by atomic mass is 35.5. The maximum atomic E-state index is 15.2. The highest BCUT2D eigenvalue weighted by Crippen LogP contribution is 2.39. The maximum absolute atomic E-state index is 15.2. The van der Waals surface area contributed by atoms with Gasteiger partial charge in [-0.2, -0.15) is 13.2 Å². The van der Waals surface area contributed by atoms with Crippen LogP contribution in [-0.4, -0.2) is 41.6 Å². The summed E-state index contributed by atoms with van der Waals surface area (Å²) in [4.78, 5) is 25.8. The molecule has 0 aliphatic carbocycles. The monoisotopic (exact) mass is 535 g/mol. The molecule has 35 heavy (non-hydrogen) atoms. The van der Waals surface area contributed by atoms with E-state index in [-0.39, 0.29) is 24.2 Å². The first-order chi connectivity index (χ1) is 16.0. The molecule has 1 heterocycles. The zero-order valence-electron chi connectivity index (χ0n) is 18.8. The Balaban J connectivity index is 1.80. The lowest BCUT2D eigenvalue weighted by molar-refractivity contribution is -0.0690. The molecular formula is C24H20Cl2F5NO3. The molecule has 1 amide bonds. The van der Waals surface area contributed by atoms with Gasteiger partial charge >= 0.3 is 12.3 Å². The van der Waals surface area contributed by atoms with Crippen LogP contribution >= 0.6 is 23.2 Å². The minimum absolute atomic E-state index is 0.137. The number of amides is 1. The molecule has 0 radical (unpaired) electrons. The predicted molar refractivity (Wildman–Crippen MR) is 122 cm³/mol. The molecular weight excluding hydrogens is 516 g/mol. The van der Waals surface area contributed by atoms with E-state index in [9.17, 15) is 27.2 Å². The Morgan fingerprint density at radius 2 is 1.51 bits per heavy atom. The Hall–Kier alpha value is -2.65. The standard InChI is InChI=1S/C24H20Cl2F5NO3/c1-22(2,3)35-21(34)32-11-23(28,12-32)15-6-4-13(5-7-15)19(33)10-16(24(29,30)31)14-8-17(25)20(27)18(26)9-14/h4-10H,11-12H2,1-3H3. The van der Waals surface area contributed by atoms with E-state index in [0.717, 1.165) is 12.1 Å². The molecule has 1 aliphatic heterocycles. The van der Waals surface area contributed by atoms with Gasteiger partial charge in [0.15, 0.2) is 17.3 Å². The Morgan fingerprint density at radius 3 is 1.97 bits per heavy atom. The summed E-state index contributed by atoms with van der Waals surface area (Å²) < 4.78 is 74.9. The van der Waals surface area contributed by atoms with Crippen LogP contribution in [0.3, 0.4) is 0 Å². The second-order valence-corrected chi connectivity index (χ2v) is 9.87. The summed E-state index contributed by atoms with van der Waals surface area (Å²) in [5.41, 5.74) is -4.55. The smallest absolute Gasteiger partial charge is 0.417 e. The van der Waals surface area contributed by atoms with E-state index in [0.29, 0.717) is 6.08 Å². The van der Waals surface area contributed by atoms with Crippen LogP contribution in [-0.2, 0) is 10.4 Å². The molecule has 0 aromatic heterocycles. The average molecular weight is 536 g/mol. The number of allylic oxidation sites excluding steroid dienone is 2. The summed E-state index contributed by atoms with van der Waals surface area (Å²) in [7, 11) is 0. The molecule has 3 rings (SSSR count). The van der Waals surface area contributed by atoms with Gasteiger partial charge in [-0.05, 0) is 50.1 Å². The first-order valence-electron chi connectivity index (χ1n) is 10.3. The number of ketones is 1. The molecule has 2 aromatic carbocycles. The fourth-order valence-electron chi connectivity index (χ4n) is 3.38. The van der Waals surface area contributed by atoms with Gasteiger partial charge in [0.25, 0.3) is 0 Å². The lowest BCUT2D eigenvalue weighted by atomic mass is 9.87. The lowest BCUT2D eigenvalue weighted by Crippen LogP contribution is -2.59. The number of carbonyl (C=O) groups excluding carboxylic acids is 2. The van der Waals surface area contributed by atoms with Crippen molar-refractivity contribution in [2.45, 2.75) is 38.2 Å². The third-order valence-corrected chi connectivity index (χ3v) is 5.65. The quantitative estimate of drug-likeness (QED) is 0.177. The molecule has 0 unspecified atom stereocenters. The van der Waals surface area contributed by atoms with Crippen molar-refractivity contribution in [3.05, 3.63) is 75.0 Å². The number of carbonyl (C=O) groups is 2. The van der Waals surface area contributed by atoms with Crippen molar-refractivity contribution in [3.63, 3.8) is 0 Å². The number of likely N-dealkylation sites (tertiary alicyclic amines) is 1. The molecule has 4 nitrogen and oxygen atoms in total. The number of nitrogens with zero attached hydrogens (tertiary/aromatic N) is 1. The maximum Gasteiger partial charge on any atom is 0.417 e. The third kappa shape index (κ3) is 6.13. The Labute approximate surface area is 208 Å². The van der Waals surface area contributed by atoms with Crippen LogP contribution in [0.25, 0.3) is 5.57 Å². The van der Waals surface area contributed by atoms with E-state index in [2.05, 4.69) is 0 Å². The second kappa shape index (κ2) is 9.43. The van der Waals surface area contributed by atoms with E-state index >= 15 is 4.39 Å². The van der Waals surface area contributed by atoms with E-state index in [1.165, 1.54) is 29.2 Å². The molecule has 0 N–H and O–H groups in total. The molecule has 0 bridgehead atoms. The van der Waals surface area contributed by atoms with Crippen molar-refractivity contribution in [2.75, 3.05) is 13.1 Å². The van der Waals surface area contributed by atoms with Crippen LogP contribution in [0.2, 0.25) is 10.0 Å². The topological polar surface area (TPSA) is 46.6 Å². The zero-order valence-corrected chi connectivity index (χ0v) is 20.3. The first-order valence-corrected chi connectivity index (χ1v) is 11.0. The third-order valence-electron chi connectivity index (χ3n) is 5.10. The normalized spacial score (nSPS) is 16.1. The van der Waals surface area contributed by atoms with Crippen molar-refractivity contribution in [2.24, 2.45) is 0 Å². The molecule has 2 aromatic rings. The number of benzene rings is 2. The summed E-state index contributed by atoms with van der Waals surface area (Å²) in [5.74, 6) is -2.10. The van der Waals surface area contributed by atoms with Crippen LogP contribution < -0.4 is 0 Å². The van der Waals surface area contributed by atoms with Crippen LogP contribution in [0.4, 0.5) is 26.7 Å². The molecule has 0 atom stereocenters. The van der Waals surface area contributed by atoms with Crippen LogP contribution in [0.1, 0.15) is 42.3 Å². The SMILES string of the molecule is CC(C)(C)OC(=O)N1CC(F)(c2ccc(C(=O)C=C(c3cc(Cl)c(F)c(Cl)c3)C(F)(F)F)cc2)C1. The highest BCUT2D eigenvalue weighted by Gasteiger charge is 2.48. The average Bonchev–Trinajstić information content (AvgIpc) is 2.71. The van der Waals surface area contributed by atoms with Crippen molar-refractivity contribution in [1.82, 2.24) is 4.90 Å². The minimum atomic E-state index is -4.97. The van der Waals surface area contributed by atoms with Gasteiger partial charge < -0.3 is 9.64 Å². The molecule has 0 saturated carbocycles. The number of ether oxygens (including phenoxy) is 1. The van der Waals surface area contributed by atoms with Crippen molar-refractivity contribution >= 4 is 40.7 Å². The minimum Gasteiger partial charge on any atom is -0.444 e. The van der Waals surface area contributed by atoms with Gasteiger partial charge in [-0.3, -0.25) is 4.79 Å². The van der Waals surface area contributed by atoms with Crippen LogP contribution in [0.5, 0.6) is 0 Å². The van der Waals surface area contributed by atoms with Crippen LogP contribution in [0.15, 0.2) is 42.5 Å². The van der Waals surface area contributed by atoms with E-state index in [4.69, 9.17) is 27.9 Å². The Morgan fingerprint density at radius 1 is 1.00 bits per heavy atom. The first kappa shape index (κ1) is 26.9. The molecule has 188 valence electrons. The molecule has 1 saturated heterocycles. The zero-order chi connectivity index (χ0) is 26.3. The second-order valence-electron chi connectivity index (χ2n) is 9.05. The van der Waals surface area contributed by atoms with Crippen molar-refractivity contribution < 1.29 is 36.3 Å². The van der Waals surface area contributed by atoms with Gasteiger partial charge in [-0.1, -0.05) is 47.5 Å². The fourth-order valence-corrected chi connectivity index (χ4v) is 3.87. The fraction of sp³-hybridized carbons (Fsp3) is 0.333. The van der Waals surface area contributed by atoms with Gasteiger partial charge in [0.05, 0.1) is 28.7 Å². The molecule has 1 aliphatic rings. The summed E-state index contributed by atoms with van der Waals surface area (Å²) >= 11 is 11.2. The summed E-state index contributed by atoms with van der Waals surface area (Å²) in [6.45, 7) is 4.52. The van der Waals surface area contributed by atoms with Gasteiger partial charge in [-0.15, -0.1) is 0 Å². The van der Waals surface area contributed by atoms with Gasteiger partial charge in [-0.25, -0.2) is 13.6 Å². The Bertz CT molecular complexity index is 1160. The summed E-state index contributed by atoms with van der Waals surface area (Å²) in [6, 6.07) is 6.35. The van der Waals surface area contributed by atoms with E-state index < -0.39 is 56.3 Å². The number of alkyl halides is 4. The number of hydrogen-bond donors (Lipinski definition) is 0. The molecule has 11 heteroatoms. The van der Waals surface area contributed by atoms with Crippen molar-refractivity contribution in [1.29, 1.82) is 0 Å². The molecule has 1 fully saturated rings. The van der Waals surface area contributed by atoms with Crippen LogP contribution in [0, 0.1) is 5.82 Å². The van der Waals surface area contributed by atoms with Crippen molar-refractivity contribution in [3.8, 4) is 0 Å². The summed E-state index contributed by atoms with van der Waals surface area (Å²) in [5, 5.41) is -1.26. The lowest BCUT2D eigenvalue weighted by Gasteiger charge is -2.44. The van der Waals surface area contributed by atoms with E-state index in [1.54, 1.807) is 20.8 Å². The van der Waals surface area contributed by atoms with Gasteiger partial charge in [0, 0.05) is 5.56 Å². The van der Waals surface area contributed by atoms with Gasteiger partial charge in [0.1, 0.15) is 5.60 Å². The number of rotatable bonds is 4. The highest BCUT2D eigenvalue weighted by molar-refractivity contribution is 6.35. The number of halogens is 7.